The molecule has 0 amide bonds. The van der Waals surface area contributed by atoms with E-state index in [-0.39, 0.29) is 16.2 Å². The summed E-state index contributed by atoms with van der Waals surface area (Å²) in [6, 6.07) is 58.6. The molecule has 0 unspecified atom stereocenters. The van der Waals surface area contributed by atoms with E-state index in [1.54, 1.807) is 11.1 Å². The Kier molecular flexibility index (Phi) is 7.71. The van der Waals surface area contributed by atoms with E-state index in [2.05, 4.69) is 184 Å². The number of anilines is 3. The third kappa shape index (κ3) is 5.16. The third-order valence-corrected chi connectivity index (χ3v) is 16.3. The summed E-state index contributed by atoms with van der Waals surface area (Å²) in [5.41, 5.74) is 18.4. The second kappa shape index (κ2) is 12.8. The summed E-state index contributed by atoms with van der Waals surface area (Å²) in [7, 11) is 0. The molecule has 59 heavy (non-hydrogen) atoms. The highest BCUT2D eigenvalue weighted by molar-refractivity contribution is 6.00. The van der Waals surface area contributed by atoms with Gasteiger partial charge >= 0.3 is 0 Å². The van der Waals surface area contributed by atoms with Gasteiger partial charge in [-0.15, -0.1) is 0 Å². The molecule has 1 heteroatoms. The molecular formula is C58H55N. The molecule has 0 atom stereocenters. The maximum absolute atomic E-state index is 2.63. The van der Waals surface area contributed by atoms with Crippen LogP contribution in [0, 0.1) is 23.7 Å². The van der Waals surface area contributed by atoms with E-state index >= 15 is 0 Å². The van der Waals surface area contributed by atoms with E-state index in [0.29, 0.717) is 0 Å². The van der Waals surface area contributed by atoms with Crippen LogP contribution in [0.3, 0.4) is 0 Å². The lowest BCUT2D eigenvalue weighted by Gasteiger charge is -2.61. The first-order valence-electron chi connectivity index (χ1n) is 22.6. The monoisotopic (exact) mass is 765 g/mol. The fourth-order valence-electron chi connectivity index (χ4n) is 13.7. The molecule has 1 nitrogen and oxygen atoms in total. The summed E-state index contributed by atoms with van der Waals surface area (Å²) in [6.45, 7) is 9.77. The SMILES string of the molecule is CC1(C)CCC(C)(C)c2cc(-c3ccccc3N(c3ccc(-c4cccc5ccccc45)cc3)c3cccc4c3-c3ccccc3C43C4CC5CC(C4)CC3C5)ccc21. The van der Waals surface area contributed by atoms with Gasteiger partial charge in [0.15, 0.2) is 0 Å². The molecule has 0 saturated heterocycles. The maximum Gasteiger partial charge on any atom is 0.0543 e. The van der Waals surface area contributed by atoms with Gasteiger partial charge < -0.3 is 4.90 Å². The van der Waals surface area contributed by atoms with Gasteiger partial charge in [-0.25, -0.2) is 0 Å². The molecule has 0 aliphatic heterocycles. The number of hydrogen-bond acceptors (Lipinski definition) is 1. The number of nitrogens with zero attached hydrogens (tertiary/aromatic N) is 1. The zero-order chi connectivity index (χ0) is 39.7. The Hall–Kier alpha value is -5.40. The van der Waals surface area contributed by atoms with Crippen LogP contribution < -0.4 is 4.90 Å². The van der Waals surface area contributed by atoms with Crippen molar-refractivity contribution < 1.29 is 0 Å². The number of benzene rings is 7. The Morgan fingerprint density at radius 1 is 0.441 bits per heavy atom. The van der Waals surface area contributed by atoms with Crippen molar-refractivity contribution in [1.29, 1.82) is 0 Å². The first-order valence-corrected chi connectivity index (χ1v) is 22.6. The lowest BCUT2D eigenvalue weighted by atomic mass is 9.43. The summed E-state index contributed by atoms with van der Waals surface area (Å²) in [4.78, 5) is 2.63. The molecule has 7 aromatic rings. The van der Waals surface area contributed by atoms with Gasteiger partial charge in [-0.3, -0.25) is 0 Å². The van der Waals surface area contributed by atoms with Crippen molar-refractivity contribution in [3.05, 3.63) is 174 Å². The number of hydrogen-bond donors (Lipinski definition) is 0. The van der Waals surface area contributed by atoms with E-state index in [0.717, 1.165) is 23.7 Å². The maximum atomic E-state index is 2.63. The highest BCUT2D eigenvalue weighted by Crippen LogP contribution is 2.70. The van der Waals surface area contributed by atoms with Crippen molar-refractivity contribution in [2.45, 2.75) is 88.9 Å². The van der Waals surface area contributed by atoms with Gasteiger partial charge in [-0.1, -0.05) is 155 Å². The fourth-order valence-corrected chi connectivity index (χ4v) is 13.7. The number of fused-ring (bicyclic) bond motifs is 5. The van der Waals surface area contributed by atoms with Crippen molar-refractivity contribution in [3.8, 4) is 33.4 Å². The van der Waals surface area contributed by atoms with E-state index in [1.807, 2.05) is 0 Å². The minimum absolute atomic E-state index is 0.107. The van der Waals surface area contributed by atoms with Crippen LogP contribution in [0.4, 0.5) is 17.1 Å². The Morgan fingerprint density at radius 3 is 1.80 bits per heavy atom. The lowest BCUT2D eigenvalue weighted by Crippen LogP contribution is -2.55. The molecule has 13 rings (SSSR count). The summed E-state index contributed by atoms with van der Waals surface area (Å²) < 4.78 is 0. The summed E-state index contributed by atoms with van der Waals surface area (Å²) in [6.07, 6.45) is 9.44. The summed E-state index contributed by atoms with van der Waals surface area (Å²) in [5, 5.41) is 2.57. The summed E-state index contributed by atoms with van der Waals surface area (Å²) in [5.74, 6) is 3.28. The molecule has 0 aromatic heterocycles. The number of rotatable bonds is 5. The molecule has 4 saturated carbocycles. The molecule has 7 aromatic carbocycles. The predicted octanol–water partition coefficient (Wildman–Crippen LogP) is 15.7. The molecule has 6 aliphatic rings. The van der Waals surface area contributed by atoms with Gasteiger partial charge in [0, 0.05) is 22.2 Å². The lowest BCUT2D eigenvalue weighted by molar-refractivity contribution is -0.0399. The van der Waals surface area contributed by atoms with E-state index in [9.17, 15) is 0 Å². The molecule has 292 valence electrons. The second-order valence-corrected chi connectivity index (χ2v) is 20.4. The van der Waals surface area contributed by atoms with Gasteiger partial charge in [0.25, 0.3) is 0 Å². The zero-order valence-corrected chi connectivity index (χ0v) is 35.1. The quantitative estimate of drug-likeness (QED) is 0.169. The van der Waals surface area contributed by atoms with Crippen molar-refractivity contribution in [2.24, 2.45) is 23.7 Å². The highest BCUT2D eigenvalue weighted by atomic mass is 15.1. The van der Waals surface area contributed by atoms with Gasteiger partial charge in [0.05, 0.1) is 11.4 Å². The van der Waals surface area contributed by atoms with Crippen LogP contribution in [-0.2, 0) is 16.2 Å². The molecule has 4 fully saturated rings. The molecule has 4 bridgehead atoms. The predicted molar refractivity (Wildman–Crippen MR) is 248 cm³/mol. The van der Waals surface area contributed by atoms with Crippen molar-refractivity contribution in [2.75, 3.05) is 4.90 Å². The van der Waals surface area contributed by atoms with Gasteiger partial charge in [-0.2, -0.15) is 0 Å². The average Bonchev–Trinajstić information content (AvgIpc) is 3.56. The Labute approximate surface area is 351 Å². The van der Waals surface area contributed by atoms with Crippen molar-refractivity contribution in [3.63, 3.8) is 0 Å². The van der Waals surface area contributed by atoms with Crippen LogP contribution in [-0.4, -0.2) is 0 Å². The molecule has 0 N–H and O–H groups in total. The largest absolute Gasteiger partial charge is 0.309 e. The van der Waals surface area contributed by atoms with E-state index in [4.69, 9.17) is 0 Å². The smallest absolute Gasteiger partial charge is 0.0543 e. The van der Waals surface area contributed by atoms with Crippen LogP contribution in [0.25, 0.3) is 44.2 Å². The third-order valence-electron chi connectivity index (χ3n) is 16.3. The fraction of sp³-hybridized carbons (Fsp3) is 0.310. The molecule has 0 heterocycles. The van der Waals surface area contributed by atoms with Gasteiger partial charge in [0.1, 0.15) is 0 Å². The van der Waals surface area contributed by atoms with Gasteiger partial charge in [-0.05, 0) is 159 Å². The average molecular weight is 766 g/mol. The minimum atomic E-state index is 0.107. The number of para-hydroxylation sites is 1. The van der Waals surface area contributed by atoms with E-state index in [1.165, 1.54) is 117 Å². The van der Waals surface area contributed by atoms with Crippen LogP contribution in [0.15, 0.2) is 152 Å². The van der Waals surface area contributed by atoms with Gasteiger partial charge in [0.2, 0.25) is 0 Å². The first kappa shape index (κ1) is 35.5. The highest BCUT2D eigenvalue weighted by Gasteiger charge is 2.62. The minimum Gasteiger partial charge on any atom is -0.309 e. The summed E-state index contributed by atoms with van der Waals surface area (Å²) >= 11 is 0. The molecular weight excluding hydrogens is 711 g/mol. The Morgan fingerprint density at radius 2 is 1.02 bits per heavy atom. The van der Waals surface area contributed by atoms with Crippen LogP contribution in [0.1, 0.15) is 94.9 Å². The van der Waals surface area contributed by atoms with Crippen LogP contribution in [0.5, 0.6) is 0 Å². The molecule has 1 spiro atoms. The molecule has 0 radical (unpaired) electrons. The second-order valence-electron chi connectivity index (χ2n) is 20.4. The van der Waals surface area contributed by atoms with Crippen molar-refractivity contribution >= 4 is 27.8 Å². The van der Waals surface area contributed by atoms with Crippen LogP contribution >= 0.6 is 0 Å². The van der Waals surface area contributed by atoms with E-state index < -0.39 is 0 Å². The topological polar surface area (TPSA) is 3.24 Å². The Bertz CT molecular complexity index is 2770. The Balaban J connectivity index is 1.08. The zero-order valence-electron chi connectivity index (χ0n) is 35.1. The standard InChI is InChI=1S/C58H55N/c1-56(2)29-30-57(3,4)52-36-41(25-28-50(52)56)47-16-8-10-21-53(47)59(44-26-23-40(24-27-44)46-18-11-14-39-13-5-6-15-45(39)46)54-22-12-20-51-55(54)48-17-7-9-19-49(48)58(51)42-32-37-31-38(34-42)35-43(58)33-37/h5-28,36-38,42-43H,29-35H2,1-4H3. The van der Waals surface area contributed by atoms with Crippen LogP contribution in [0.2, 0.25) is 0 Å². The van der Waals surface area contributed by atoms with Crippen molar-refractivity contribution in [1.82, 2.24) is 0 Å². The molecule has 6 aliphatic carbocycles. The first-order chi connectivity index (χ1) is 28.7. The normalized spacial score (nSPS) is 25.2.